The molecule has 1 aromatic carbocycles. The molecule has 0 bridgehead atoms. The number of nitrogens with one attached hydrogen (secondary N) is 1. The minimum absolute atomic E-state index is 0.0691. The van der Waals surface area contributed by atoms with Crippen molar-refractivity contribution in [1.29, 1.82) is 0 Å². The Balaban J connectivity index is 2.62. The van der Waals surface area contributed by atoms with Gasteiger partial charge in [0.05, 0.1) is 18.6 Å². The Morgan fingerprint density at radius 2 is 2.10 bits per heavy atom. The van der Waals surface area contributed by atoms with Crippen LogP contribution in [0.1, 0.15) is 0 Å². The third-order valence-electron chi connectivity index (χ3n) is 2.47. The molecule has 1 amide bonds. The van der Waals surface area contributed by atoms with Crippen molar-refractivity contribution in [2.24, 2.45) is 0 Å². The number of carbonyl (C=O) groups excluding carboxylic acids is 1. The van der Waals surface area contributed by atoms with Gasteiger partial charge in [-0.05, 0) is 18.2 Å². The second-order valence-electron chi connectivity index (χ2n) is 4.43. The maximum atomic E-state index is 11.8. The summed E-state index contributed by atoms with van der Waals surface area (Å²) >= 11 is 0. The third-order valence-corrected chi connectivity index (χ3v) is 4.92. The molecule has 1 atom stereocenters. The maximum Gasteiger partial charge on any atom is 0.237 e. The topological polar surface area (TPSA) is 116 Å². The van der Waals surface area contributed by atoms with Crippen LogP contribution in [0.15, 0.2) is 18.2 Å². The Labute approximate surface area is 126 Å². The van der Waals surface area contributed by atoms with E-state index in [9.17, 15) is 17.4 Å². The van der Waals surface area contributed by atoms with E-state index in [1.165, 1.54) is 13.2 Å². The van der Waals surface area contributed by atoms with E-state index < -0.39 is 26.5 Å². The van der Waals surface area contributed by atoms with E-state index in [0.29, 0.717) is 17.1 Å². The molecule has 118 valence electrons. The molecule has 0 saturated carbocycles. The lowest BCUT2D eigenvalue weighted by Crippen LogP contribution is -2.23. The summed E-state index contributed by atoms with van der Waals surface area (Å²) in [5, 5.41) is 2.54. The molecular weight excluding hydrogens is 316 g/mol. The van der Waals surface area contributed by atoms with Crippen LogP contribution in [0, 0.1) is 0 Å². The molecule has 0 aliphatic heterocycles. The number of methoxy groups -OCH3 is 1. The van der Waals surface area contributed by atoms with Crippen molar-refractivity contribution in [3.8, 4) is 5.75 Å². The van der Waals surface area contributed by atoms with Gasteiger partial charge in [0.15, 0.2) is 0 Å². The summed E-state index contributed by atoms with van der Waals surface area (Å²) in [4.78, 5) is 11.8. The Kier molecular flexibility index (Phi) is 6.16. The largest absolute Gasteiger partial charge is 0.495 e. The number of nitrogens with two attached hydrogens (primary N) is 1. The highest BCUT2D eigenvalue weighted by Crippen LogP contribution is 2.26. The Morgan fingerprint density at radius 3 is 2.67 bits per heavy atom. The van der Waals surface area contributed by atoms with Crippen molar-refractivity contribution in [2.45, 2.75) is 0 Å². The molecule has 0 saturated heterocycles. The van der Waals surface area contributed by atoms with Crippen molar-refractivity contribution in [1.82, 2.24) is 0 Å². The van der Waals surface area contributed by atoms with Gasteiger partial charge in [-0.25, -0.2) is 8.42 Å². The summed E-state index contributed by atoms with van der Waals surface area (Å²) in [5.41, 5.74) is 6.45. The van der Waals surface area contributed by atoms with Gasteiger partial charge >= 0.3 is 0 Å². The van der Waals surface area contributed by atoms with Crippen LogP contribution in [-0.4, -0.2) is 49.2 Å². The van der Waals surface area contributed by atoms with Crippen molar-refractivity contribution in [3.63, 3.8) is 0 Å². The lowest BCUT2D eigenvalue weighted by Gasteiger charge is -2.10. The lowest BCUT2D eigenvalue weighted by molar-refractivity contribution is -0.113. The van der Waals surface area contributed by atoms with Gasteiger partial charge in [0.25, 0.3) is 0 Å². The molecule has 0 aromatic heterocycles. The molecule has 7 nitrogen and oxygen atoms in total. The van der Waals surface area contributed by atoms with Crippen LogP contribution in [0.25, 0.3) is 0 Å². The minimum Gasteiger partial charge on any atom is -0.495 e. The fraction of sp³-hybridized carbons (Fsp3) is 0.417. The predicted molar refractivity (Wildman–Crippen MR) is 83.6 cm³/mol. The van der Waals surface area contributed by atoms with E-state index in [0.717, 1.165) is 6.26 Å². The van der Waals surface area contributed by atoms with Crippen LogP contribution in [-0.2, 0) is 25.4 Å². The molecule has 0 spiro atoms. The van der Waals surface area contributed by atoms with Crippen molar-refractivity contribution in [3.05, 3.63) is 18.2 Å². The molecule has 0 radical (unpaired) electrons. The molecule has 1 rings (SSSR count). The Morgan fingerprint density at radius 1 is 1.43 bits per heavy atom. The molecule has 0 heterocycles. The Hall–Kier alpha value is -1.61. The second-order valence-corrected chi connectivity index (χ2v) is 8.26. The van der Waals surface area contributed by atoms with Crippen LogP contribution < -0.4 is 15.8 Å². The number of carbonyl (C=O) groups is 1. The fourth-order valence-corrected chi connectivity index (χ4v) is 3.94. The van der Waals surface area contributed by atoms with E-state index >= 15 is 0 Å². The number of amides is 1. The number of hydrogen-bond donors (Lipinski definition) is 2. The summed E-state index contributed by atoms with van der Waals surface area (Å²) in [6.45, 7) is 0. The zero-order valence-electron chi connectivity index (χ0n) is 11.8. The molecule has 21 heavy (non-hydrogen) atoms. The molecular formula is C12H18N2O5S2. The van der Waals surface area contributed by atoms with Crippen LogP contribution in [0.4, 0.5) is 11.4 Å². The molecule has 1 unspecified atom stereocenters. The first-order chi connectivity index (χ1) is 9.71. The van der Waals surface area contributed by atoms with Gasteiger partial charge in [0.1, 0.15) is 21.3 Å². The molecule has 3 N–H and O–H groups in total. The molecule has 0 aliphatic carbocycles. The van der Waals surface area contributed by atoms with Crippen LogP contribution in [0.5, 0.6) is 5.75 Å². The van der Waals surface area contributed by atoms with Crippen LogP contribution in [0.2, 0.25) is 0 Å². The van der Waals surface area contributed by atoms with Gasteiger partial charge in [0, 0.05) is 28.5 Å². The van der Waals surface area contributed by atoms with E-state index in [2.05, 4.69) is 5.32 Å². The maximum absolute atomic E-state index is 11.8. The molecule has 9 heteroatoms. The summed E-state index contributed by atoms with van der Waals surface area (Å²) in [5.74, 6) is -0.632. The standard InChI is InChI=1S/C12H18N2O5S2/c1-19-11-4-3-9(13)7-10(11)14-12(15)8-20(16)5-6-21(2,17)18/h3-4,7H,5-6,8,13H2,1-2H3,(H,14,15). The first-order valence-corrected chi connectivity index (χ1v) is 9.52. The first kappa shape index (κ1) is 17.4. The monoisotopic (exact) mass is 334 g/mol. The highest BCUT2D eigenvalue weighted by Gasteiger charge is 2.13. The zero-order valence-corrected chi connectivity index (χ0v) is 13.4. The van der Waals surface area contributed by atoms with E-state index in [1.54, 1.807) is 12.1 Å². The zero-order chi connectivity index (χ0) is 16.0. The summed E-state index contributed by atoms with van der Waals surface area (Å²) in [6.07, 6.45) is 1.06. The van der Waals surface area contributed by atoms with Gasteiger partial charge in [-0.15, -0.1) is 0 Å². The second kappa shape index (κ2) is 7.41. The average Bonchev–Trinajstić information content (AvgIpc) is 2.35. The number of anilines is 2. The molecule has 1 aromatic rings. The Bertz CT molecular complexity index is 643. The first-order valence-electron chi connectivity index (χ1n) is 5.97. The normalized spacial score (nSPS) is 12.7. The van der Waals surface area contributed by atoms with Gasteiger partial charge in [0.2, 0.25) is 5.91 Å². The smallest absolute Gasteiger partial charge is 0.237 e. The highest BCUT2D eigenvalue weighted by molar-refractivity contribution is 7.92. The van der Waals surface area contributed by atoms with E-state index in [4.69, 9.17) is 10.5 Å². The van der Waals surface area contributed by atoms with E-state index in [1.807, 2.05) is 0 Å². The number of ether oxygens (including phenoxy) is 1. The van der Waals surface area contributed by atoms with Crippen LogP contribution >= 0.6 is 0 Å². The quantitative estimate of drug-likeness (QED) is 0.679. The number of benzene rings is 1. The average molecular weight is 334 g/mol. The van der Waals surface area contributed by atoms with Crippen molar-refractivity contribution in [2.75, 3.05) is 41.7 Å². The summed E-state index contributed by atoms with van der Waals surface area (Å²) in [7, 11) is -3.29. The van der Waals surface area contributed by atoms with E-state index in [-0.39, 0.29) is 17.3 Å². The summed E-state index contributed by atoms with van der Waals surface area (Å²) in [6, 6.07) is 4.75. The SMILES string of the molecule is COc1ccc(N)cc1NC(=O)CS(=O)CCS(C)(=O)=O. The lowest BCUT2D eigenvalue weighted by atomic mass is 10.2. The third kappa shape index (κ3) is 6.58. The number of nitrogen functional groups attached to an aromatic ring is 1. The highest BCUT2D eigenvalue weighted by atomic mass is 32.2. The van der Waals surface area contributed by atoms with Gasteiger partial charge < -0.3 is 15.8 Å². The van der Waals surface area contributed by atoms with Gasteiger partial charge in [-0.1, -0.05) is 0 Å². The minimum atomic E-state index is -3.19. The number of rotatable bonds is 7. The van der Waals surface area contributed by atoms with Gasteiger partial charge in [-0.2, -0.15) is 0 Å². The van der Waals surface area contributed by atoms with Gasteiger partial charge in [-0.3, -0.25) is 9.00 Å². The number of sulfone groups is 1. The molecule has 0 fully saturated rings. The fourth-order valence-electron chi connectivity index (χ4n) is 1.47. The summed E-state index contributed by atoms with van der Waals surface area (Å²) < 4.78 is 38.7. The van der Waals surface area contributed by atoms with Crippen molar-refractivity contribution >= 4 is 37.9 Å². The predicted octanol–water partition coefficient (Wildman–Crippen LogP) is 0.00920. The number of hydrogen-bond acceptors (Lipinski definition) is 6. The molecule has 0 aliphatic rings. The van der Waals surface area contributed by atoms with Crippen LogP contribution in [0.3, 0.4) is 0 Å². The van der Waals surface area contributed by atoms with Crippen molar-refractivity contribution < 1.29 is 22.2 Å².